The van der Waals surface area contributed by atoms with Crippen LogP contribution in [-0.2, 0) is 20.7 Å². The van der Waals surface area contributed by atoms with E-state index in [4.69, 9.17) is 9.47 Å². The van der Waals surface area contributed by atoms with Crippen molar-refractivity contribution in [2.75, 3.05) is 46.5 Å². The largest absolute Gasteiger partial charge is 0.384 e. The number of rotatable bonds is 8. The average molecular weight is 397 g/mol. The van der Waals surface area contributed by atoms with E-state index in [0.717, 1.165) is 64.9 Å². The van der Waals surface area contributed by atoms with Crippen LogP contribution in [0.3, 0.4) is 0 Å². The highest BCUT2D eigenvalue weighted by molar-refractivity contribution is 5.85. The lowest BCUT2D eigenvalue weighted by molar-refractivity contribution is -0.147. The maximum atomic E-state index is 13.1. The highest BCUT2D eigenvalue weighted by atomic mass is 35.5. The lowest BCUT2D eigenvalue weighted by Gasteiger charge is -2.38. The molecule has 152 valence electrons. The molecular weight excluding hydrogens is 364 g/mol. The number of carbonyl (C=O) groups is 1. The van der Waals surface area contributed by atoms with Crippen molar-refractivity contribution in [3.63, 3.8) is 0 Å². The number of benzene rings is 1. The molecule has 0 spiro atoms. The summed E-state index contributed by atoms with van der Waals surface area (Å²) in [6.45, 7) is 4.59. The Balaban J connectivity index is 0.00000261. The monoisotopic (exact) mass is 396 g/mol. The Morgan fingerprint density at radius 2 is 2.00 bits per heavy atom. The van der Waals surface area contributed by atoms with Crippen molar-refractivity contribution in [2.24, 2.45) is 5.41 Å². The van der Waals surface area contributed by atoms with E-state index in [2.05, 4.69) is 29.6 Å². The van der Waals surface area contributed by atoms with Gasteiger partial charge in [-0.2, -0.15) is 0 Å². The fraction of sp³-hybridized carbons (Fsp3) is 0.667. The molecular formula is C21H33ClN2O3. The van der Waals surface area contributed by atoms with Gasteiger partial charge in [0, 0.05) is 26.8 Å². The number of hydrogen-bond acceptors (Lipinski definition) is 4. The second-order valence-corrected chi connectivity index (χ2v) is 7.59. The summed E-state index contributed by atoms with van der Waals surface area (Å²) >= 11 is 0. The minimum atomic E-state index is -0.345. The Kier molecular flexibility index (Phi) is 9.03. The molecule has 0 aliphatic carbocycles. The first-order chi connectivity index (χ1) is 12.7. The first-order valence-corrected chi connectivity index (χ1v) is 9.88. The van der Waals surface area contributed by atoms with Crippen LogP contribution in [0, 0.1) is 5.41 Å². The zero-order valence-corrected chi connectivity index (χ0v) is 17.1. The SMILES string of the molecule is COCC1(C(=O)N2CCC(OCCCc3ccccc3)C2)CCNCC1.Cl. The molecule has 1 N–H and O–H groups in total. The lowest BCUT2D eigenvalue weighted by atomic mass is 9.78. The van der Waals surface area contributed by atoms with Gasteiger partial charge in [0.15, 0.2) is 0 Å². The van der Waals surface area contributed by atoms with Crippen LogP contribution < -0.4 is 5.32 Å². The molecule has 1 atom stereocenters. The number of methoxy groups -OCH3 is 1. The summed E-state index contributed by atoms with van der Waals surface area (Å²) in [5.74, 6) is 0.260. The van der Waals surface area contributed by atoms with E-state index in [1.807, 2.05) is 11.0 Å². The molecule has 2 aliphatic rings. The van der Waals surface area contributed by atoms with Gasteiger partial charge in [-0.1, -0.05) is 30.3 Å². The van der Waals surface area contributed by atoms with E-state index >= 15 is 0 Å². The predicted molar refractivity (Wildman–Crippen MR) is 109 cm³/mol. The first-order valence-electron chi connectivity index (χ1n) is 9.88. The van der Waals surface area contributed by atoms with E-state index < -0.39 is 0 Å². The van der Waals surface area contributed by atoms with Crippen molar-refractivity contribution in [1.82, 2.24) is 10.2 Å². The molecule has 2 heterocycles. The normalized spacial score (nSPS) is 21.7. The van der Waals surface area contributed by atoms with Gasteiger partial charge in [0.1, 0.15) is 0 Å². The summed E-state index contributed by atoms with van der Waals surface area (Å²) in [7, 11) is 1.69. The van der Waals surface area contributed by atoms with Gasteiger partial charge in [0.05, 0.1) is 18.1 Å². The van der Waals surface area contributed by atoms with Gasteiger partial charge < -0.3 is 19.7 Å². The number of carbonyl (C=O) groups excluding carboxylic acids is 1. The third-order valence-corrected chi connectivity index (χ3v) is 5.67. The van der Waals surface area contributed by atoms with E-state index in [1.54, 1.807) is 7.11 Å². The smallest absolute Gasteiger partial charge is 0.231 e. The van der Waals surface area contributed by atoms with Crippen LogP contribution in [0.15, 0.2) is 30.3 Å². The van der Waals surface area contributed by atoms with E-state index in [-0.39, 0.29) is 29.8 Å². The highest BCUT2D eigenvalue weighted by Gasteiger charge is 2.43. The summed E-state index contributed by atoms with van der Waals surface area (Å²) in [6, 6.07) is 10.5. The van der Waals surface area contributed by atoms with Crippen LogP contribution >= 0.6 is 12.4 Å². The fourth-order valence-electron chi connectivity index (χ4n) is 4.16. The lowest BCUT2D eigenvalue weighted by Crippen LogP contribution is -2.51. The Morgan fingerprint density at radius 3 is 2.70 bits per heavy atom. The summed E-state index contributed by atoms with van der Waals surface area (Å²) in [5, 5.41) is 3.35. The number of piperidine rings is 1. The number of hydrogen-bond donors (Lipinski definition) is 1. The van der Waals surface area contributed by atoms with Crippen LogP contribution in [0.2, 0.25) is 0 Å². The van der Waals surface area contributed by atoms with Gasteiger partial charge in [-0.15, -0.1) is 12.4 Å². The Morgan fingerprint density at radius 1 is 1.26 bits per heavy atom. The molecule has 0 aromatic heterocycles. The molecule has 2 saturated heterocycles. The van der Waals surface area contributed by atoms with Crippen molar-refractivity contribution in [2.45, 2.75) is 38.2 Å². The minimum Gasteiger partial charge on any atom is -0.384 e. The third kappa shape index (κ3) is 5.92. The zero-order chi connectivity index (χ0) is 18.2. The Bertz CT molecular complexity index is 558. The average Bonchev–Trinajstić information content (AvgIpc) is 3.15. The predicted octanol–water partition coefficient (Wildman–Crippen LogP) is 2.67. The quantitative estimate of drug-likeness (QED) is 0.686. The molecule has 1 aromatic carbocycles. The van der Waals surface area contributed by atoms with Crippen LogP contribution in [0.25, 0.3) is 0 Å². The molecule has 1 amide bonds. The number of nitrogens with zero attached hydrogens (tertiary/aromatic N) is 1. The molecule has 1 unspecified atom stereocenters. The maximum Gasteiger partial charge on any atom is 0.231 e. The first kappa shape index (κ1) is 22.2. The number of likely N-dealkylation sites (tertiary alicyclic amines) is 1. The molecule has 3 rings (SSSR count). The number of halogens is 1. The second kappa shape index (κ2) is 11.0. The molecule has 27 heavy (non-hydrogen) atoms. The molecule has 6 heteroatoms. The van der Waals surface area contributed by atoms with E-state index in [9.17, 15) is 4.79 Å². The number of nitrogens with one attached hydrogen (secondary N) is 1. The molecule has 2 aliphatic heterocycles. The number of aryl methyl sites for hydroxylation is 1. The fourth-order valence-corrected chi connectivity index (χ4v) is 4.16. The van der Waals surface area contributed by atoms with Gasteiger partial charge in [-0.05, 0) is 50.8 Å². The van der Waals surface area contributed by atoms with Crippen molar-refractivity contribution in [3.8, 4) is 0 Å². The Labute approximate surface area is 169 Å². The third-order valence-electron chi connectivity index (χ3n) is 5.67. The van der Waals surface area contributed by atoms with Gasteiger partial charge in [-0.3, -0.25) is 4.79 Å². The van der Waals surface area contributed by atoms with Crippen molar-refractivity contribution >= 4 is 18.3 Å². The maximum absolute atomic E-state index is 13.1. The van der Waals surface area contributed by atoms with Crippen LogP contribution in [0.1, 0.15) is 31.2 Å². The summed E-state index contributed by atoms with van der Waals surface area (Å²) in [4.78, 5) is 15.1. The van der Waals surface area contributed by atoms with E-state index in [1.165, 1.54) is 5.56 Å². The van der Waals surface area contributed by atoms with Crippen LogP contribution in [0.5, 0.6) is 0 Å². The highest BCUT2D eigenvalue weighted by Crippen LogP contribution is 2.33. The molecule has 1 aromatic rings. The van der Waals surface area contributed by atoms with Crippen LogP contribution in [-0.4, -0.2) is 63.4 Å². The van der Waals surface area contributed by atoms with Crippen LogP contribution in [0.4, 0.5) is 0 Å². The molecule has 2 fully saturated rings. The number of amides is 1. The van der Waals surface area contributed by atoms with Gasteiger partial charge in [0.2, 0.25) is 5.91 Å². The summed E-state index contributed by atoms with van der Waals surface area (Å²) < 4.78 is 11.5. The van der Waals surface area contributed by atoms with E-state index in [0.29, 0.717) is 6.61 Å². The van der Waals surface area contributed by atoms with Gasteiger partial charge >= 0.3 is 0 Å². The zero-order valence-electron chi connectivity index (χ0n) is 16.3. The van der Waals surface area contributed by atoms with Gasteiger partial charge in [-0.25, -0.2) is 0 Å². The number of ether oxygens (including phenoxy) is 2. The molecule has 5 nitrogen and oxygen atoms in total. The summed E-state index contributed by atoms with van der Waals surface area (Å²) in [5.41, 5.74) is 1.01. The second-order valence-electron chi connectivity index (χ2n) is 7.59. The summed E-state index contributed by atoms with van der Waals surface area (Å²) in [6.07, 6.45) is 4.90. The Hall–Kier alpha value is -1.14. The standard InChI is InChI=1S/C21H32N2O3.ClH/c1-25-17-21(10-12-22-13-11-21)20(24)23-14-9-19(16-23)26-15-5-8-18-6-3-2-4-7-18;/h2-4,6-7,19,22H,5,8-17H2,1H3;1H. The molecule has 0 bridgehead atoms. The molecule has 0 saturated carbocycles. The van der Waals surface area contributed by atoms with Crippen molar-refractivity contribution in [3.05, 3.63) is 35.9 Å². The van der Waals surface area contributed by atoms with Crippen molar-refractivity contribution < 1.29 is 14.3 Å². The topological polar surface area (TPSA) is 50.8 Å². The molecule has 0 radical (unpaired) electrons. The minimum absolute atomic E-state index is 0. The van der Waals surface area contributed by atoms with Crippen molar-refractivity contribution in [1.29, 1.82) is 0 Å². The van der Waals surface area contributed by atoms with Gasteiger partial charge in [0.25, 0.3) is 0 Å².